The molecule has 11 heteroatoms. The summed E-state index contributed by atoms with van der Waals surface area (Å²) < 4.78 is 23.4. The molecule has 0 unspecified atom stereocenters. The van der Waals surface area contributed by atoms with Crippen molar-refractivity contribution in [1.82, 2.24) is 9.99 Å². The molecule has 0 amide bonds. The number of hydrogen-bond donors (Lipinski definition) is 0. The van der Waals surface area contributed by atoms with E-state index in [-0.39, 0.29) is 18.7 Å². The Morgan fingerprint density at radius 2 is 2.14 bits per heavy atom. The lowest BCUT2D eigenvalue weighted by Gasteiger charge is -2.22. The molecule has 0 atom stereocenters. The van der Waals surface area contributed by atoms with Crippen LogP contribution >= 0.6 is 0 Å². The third-order valence-corrected chi connectivity index (χ3v) is 3.68. The van der Waals surface area contributed by atoms with Crippen LogP contribution in [-0.4, -0.2) is 58.1 Å². The zero-order chi connectivity index (χ0) is 21.0. The molecule has 0 fully saturated rings. The number of oxime groups is 1. The Labute approximate surface area is 166 Å². The fraction of sp³-hybridized carbons (Fsp3) is 0.444. The van der Waals surface area contributed by atoms with Gasteiger partial charge in [-0.15, -0.1) is 5.10 Å². The van der Waals surface area contributed by atoms with E-state index in [2.05, 4.69) is 25.4 Å². The number of carbonyl (C=O) groups is 1. The summed E-state index contributed by atoms with van der Waals surface area (Å²) in [5, 5.41) is 17.6. The van der Waals surface area contributed by atoms with Gasteiger partial charge in [0, 0.05) is 18.2 Å². The van der Waals surface area contributed by atoms with Gasteiger partial charge < -0.3 is 14.3 Å². The van der Waals surface area contributed by atoms with Crippen LogP contribution in [0.3, 0.4) is 0 Å². The predicted octanol–water partition coefficient (Wildman–Crippen LogP) is 2.70. The van der Waals surface area contributed by atoms with Crippen molar-refractivity contribution in [3.63, 3.8) is 0 Å². The quantitative estimate of drug-likeness (QED) is 0.564. The van der Waals surface area contributed by atoms with Crippen molar-refractivity contribution in [2.75, 3.05) is 6.54 Å². The van der Waals surface area contributed by atoms with E-state index >= 15 is 0 Å². The second kappa shape index (κ2) is 8.33. The van der Waals surface area contributed by atoms with Gasteiger partial charge in [-0.1, -0.05) is 10.3 Å². The largest absolute Gasteiger partial charge is 0.516 e. The lowest BCUT2D eigenvalue weighted by Crippen LogP contribution is -2.40. The summed E-state index contributed by atoms with van der Waals surface area (Å²) in [7, 11) is 0. The van der Waals surface area contributed by atoms with E-state index in [9.17, 15) is 9.18 Å². The molecule has 0 aliphatic carbocycles. The van der Waals surface area contributed by atoms with Gasteiger partial charge in [0.1, 0.15) is 22.8 Å². The normalized spacial score (nSPS) is 18.3. The Balaban J connectivity index is 1.81. The summed E-state index contributed by atoms with van der Waals surface area (Å²) in [6, 6.07) is 1.08. The highest BCUT2D eigenvalue weighted by molar-refractivity contribution is 6.44. The Morgan fingerprint density at radius 3 is 2.79 bits per heavy atom. The molecule has 0 N–H and O–H groups in total. The molecule has 29 heavy (non-hydrogen) atoms. The first-order valence-corrected chi connectivity index (χ1v) is 8.92. The highest BCUT2D eigenvalue weighted by atomic mass is 19.1. The van der Waals surface area contributed by atoms with Gasteiger partial charge in [-0.05, 0) is 33.8 Å². The SMILES string of the molecule is CC(C)OC(=O)OC1=NN=C(C2=NOC(C)(C)C2)CN1/N=C/c1cncc(F)c1. The molecule has 0 aromatic carbocycles. The van der Waals surface area contributed by atoms with Crippen molar-refractivity contribution < 1.29 is 23.5 Å². The second-order valence-corrected chi connectivity index (χ2v) is 7.25. The van der Waals surface area contributed by atoms with Gasteiger partial charge in [0.05, 0.1) is 25.1 Å². The van der Waals surface area contributed by atoms with Gasteiger partial charge in [0.2, 0.25) is 0 Å². The summed E-state index contributed by atoms with van der Waals surface area (Å²) in [6.07, 6.45) is 3.12. The summed E-state index contributed by atoms with van der Waals surface area (Å²) in [5.74, 6) is -0.500. The number of hydrazone groups is 1. The Kier molecular flexibility index (Phi) is 5.85. The van der Waals surface area contributed by atoms with E-state index in [1.54, 1.807) is 13.8 Å². The Hall–Kier alpha value is -3.37. The molecule has 10 nitrogen and oxygen atoms in total. The molecule has 0 bridgehead atoms. The molecule has 1 aromatic rings. The van der Waals surface area contributed by atoms with E-state index in [4.69, 9.17) is 14.3 Å². The maximum absolute atomic E-state index is 13.3. The summed E-state index contributed by atoms with van der Waals surface area (Å²) in [5.41, 5.74) is 1.10. The van der Waals surface area contributed by atoms with E-state index in [1.807, 2.05) is 13.8 Å². The molecule has 2 aliphatic rings. The molecule has 0 saturated carbocycles. The number of aromatic nitrogens is 1. The van der Waals surface area contributed by atoms with Gasteiger partial charge in [-0.25, -0.2) is 14.2 Å². The molecule has 3 rings (SSSR count). The van der Waals surface area contributed by atoms with Crippen molar-refractivity contribution in [3.05, 3.63) is 29.8 Å². The zero-order valence-electron chi connectivity index (χ0n) is 16.5. The van der Waals surface area contributed by atoms with Crippen molar-refractivity contribution in [2.45, 2.75) is 45.8 Å². The number of pyridine rings is 1. The number of nitrogens with zero attached hydrogens (tertiary/aromatic N) is 6. The number of hydrogen-bond acceptors (Lipinski definition) is 10. The molecular formula is C18H21FN6O4. The topological polar surface area (TPSA) is 110 Å². The van der Waals surface area contributed by atoms with Crippen LogP contribution in [0.25, 0.3) is 0 Å². The first-order chi connectivity index (χ1) is 13.7. The van der Waals surface area contributed by atoms with Gasteiger partial charge in [-0.2, -0.15) is 5.10 Å². The molecule has 0 radical (unpaired) electrons. The third kappa shape index (κ3) is 5.56. The van der Waals surface area contributed by atoms with Crippen molar-refractivity contribution in [2.24, 2.45) is 20.5 Å². The molecule has 2 aliphatic heterocycles. The van der Waals surface area contributed by atoms with Crippen LogP contribution in [-0.2, 0) is 14.3 Å². The number of ether oxygens (including phenoxy) is 2. The number of amidine groups is 1. The van der Waals surface area contributed by atoms with Crippen molar-refractivity contribution in [3.8, 4) is 0 Å². The van der Waals surface area contributed by atoms with Gasteiger partial charge >= 0.3 is 12.2 Å². The molecule has 154 valence electrons. The summed E-state index contributed by atoms with van der Waals surface area (Å²) in [6.45, 7) is 7.30. The zero-order valence-corrected chi connectivity index (χ0v) is 16.5. The van der Waals surface area contributed by atoms with Crippen LogP contribution in [0.15, 0.2) is 38.9 Å². The Morgan fingerprint density at radius 1 is 1.34 bits per heavy atom. The van der Waals surface area contributed by atoms with Crippen LogP contribution in [0, 0.1) is 5.82 Å². The van der Waals surface area contributed by atoms with Crippen LogP contribution in [0.5, 0.6) is 0 Å². The fourth-order valence-corrected chi connectivity index (χ4v) is 2.44. The standard InChI is InChI=1S/C18H21FN6O4/c1-11(2)27-17(26)28-16-23-22-15(14-6-18(3,4)29-24-14)10-25(16)21-8-12-5-13(19)9-20-7-12/h5,7-9,11H,6,10H2,1-4H3/b21-8+. The highest BCUT2D eigenvalue weighted by Crippen LogP contribution is 2.24. The molecule has 0 saturated heterocycles. The summed E-state index contributed by atoms with van der Waals surface area (Å²) in [4.78, 5) is 21.0. The first-order valence-electron chi connectivity index (χ1n) is 8.92. The van der Waals surface area contributed by atoms with Gasteiger partial charge in [0.15, 0.2) is 0 Å². The first kappa shape index (κ1) is 20.4. The molecule has 0 spiro atoms. The minimum Gasteiger partial charge on any atom is -0.431 e. The third-order valence-electron chi connectivity index (χ3n) is 3.68. The lowest BCUT2D eigenvalue weighted by atomic mass is 10.00. The van der Waals surface area contributed by atoms with Crippen LogP contribution in [0.4, 0.5) is 9.18 Å². The number of carbonyl (C=O) groups excluding carboxylic acids is 1. The van der Waals surface area contributed by atoms with E-state index in [0.717, 1.165) is 6.20 Å². The smallest absolute Gasteiger partial charge is 0.431 e. The van der Waals surface area contributed by atoms with E-state index in [1.165, 1.54) is 23.5 Å². The maximum Gasteiger partial charge on any atom is 0.516 e. The monoisotopic (exact) mass is 404 g/mol. The number of rotatable bonds is 4. The Bertz CT molecular complexity index is 909. The predicted molar refractivity (Wildman–Crippen MR) is 103 cm³/mol. The maximum atomic E-state index is 13.3. The van der Waals surface area contributed by atoms with Gasteiger partial charge in [-0.3, -0.25) is 4.98 Å². The minimum absolute atomic E-state index is 0.116. The fourth-order valence-electron chi connectivity index (χ4n) is 2.44. The summed E-state index contributed by atoms with van der Waals surface area (Å²) >= 11 is 0. The van der Waals surface area contributed by atoms with E-state index < -0.39 is 17.6 Å². The average molecular weight is 404 g/mol. The van der Waals surface area contributed by atoms with Crippen LogP contribution in [0.2, 0.25) is 0 Å². The lowest BCUT2D eigenvalue weighted by molar-refractivity contribution is 0.0123. The molecule has 1 aromatic heterocycles. The van der Waals surface area contributed by atoms with Crippen LogP contribution < -0.4 is 0 Å². The number of halogens is 1. The van der Waals surface area contributed by atoms with Crippen molar-refractivity contribution in [1.29, 1.82) is 0 Å². The molecule has 3 heterocycles. The van der Waals surface area contributed by atoms with Crippen molar-refractivity contribution >= 4 is 29.8 Å². The minimum atomic E-state index is -0.937. The highest BCUT2D eigenvalue weighted by Gasteiger charge is 2.34. The van der Waals surface area contributed by atoms with Crippen LogP contribution in [0.1, 0.15) is 39.7 Å². The molecular weight excluding hydrogens is 383 g/mol. The second-order valence-electron chi connectivity index (χ2n) is 7.25. The van der Waals surface area contributed by atoms with E-state index in [0.29, 0.717) is 23.4 Å². The van der Waals surface area contributed by atoms with Gasteiger partial charge in [0.25, 0.3) is 0 Å². The average Bonchev–Trinajstić information content (AvgIpc) is 3.00.